The average molecular weight is 470 g/mol. The highest BCUT2D eigenvalue weighted by Crippen LogP contribution is 2.48. The molecule has 0 atom stereocenters. The Morgan fingerprint density at radius 3 is 2.49 bits per heavy atom. The van der Waals surface area contributed by atoms with Crippen LogP contribution < -0.4 is 14.8 Å². The first kappa shape index (κ1) is 23.1. The van der Waals surface area contributed by atoms with Gasteiger partial charge in [0, 0.05) is 41.8 Å². The molecule has 2 aliphatic rings. The molecule has 3 heterocycles. The Balaban J connectivity index is 1.62. The SMILES string of the molecule is COc1cc2c(c3c1OC(C)(C)C3)C(c1cccc(-c3ccc(NC(C)=O)nc3)c1)=NC(C)(C)C2. The second-order valence-corrected chi connectivity index (χ2v) is 10.6. The zero-order valence-electron chi connectivity index (χ0n) is 21.2. The number of aliphatic imine (C=N–C) groups is 1. The Bertz CT molecular complexity index is 1350. The normalized spacial score (nSPS) is 17.0. The zero-order valence-corrected chi connectivity index (χ0v) is 21.2. The van der Waals surface area contributed by atoms with Gasteiger partial charge >= 0.3 is 0 Å². The molecular formula is C29H31N3O3. The molecule has 6 nitrogen and oxygen atoms in total. The van der Waals surface area contributed by atoms with Gasteiger partial charge in [0.15, 0.2) is 11.5 Å². The fourth-order valence-corrected chi connectivity index (χ4v) is 5.09. The molecule has 5 rings (SSSR count). The molecule has 0 spiro atoms. The highest BCUT2D eigenvalue weighted by atomic mass is 16.5. The number of pyridine rings is 1. The lowest BCUT2D eigenvalue weighted by Crippen LogP contribution is -2.30. The molecular weight excluding hydrogens is 438 g/mol. The topological polar surface area (TPSA) is 72.8 Å². The van der Waals surface area contributed by atoms with Gasteiger partial charge in [0.2, 0.25) is 5.91 Å². The molecule has 0 aliphatic carbocycles. The number of rotatable bonds is 4. The maximum atomic E-state index is 11.3. The summed E-state index contributed by atoms with van der Waals surface area (Å²) < 4.78 is 12.1. The monoisotopic (exact) mass is 469 g/mol. The minimum atomic E-state index is -0.300. The van der Waals surface area contributed by atoms with Crippen LogP contribution in [0.3, 0.4) is 0 Å². The van der Waals surface area contributed by atoms with Crippen molar-refractivity contribution in [3.63, 3.8) is 0 Å². The third-order valence-corrected chi connectivity index (χ3v) is 6.44. The number of benzene rings is 2. The minimum absolute atomic E-state index is 0.139. The number of hydrogen-bond acceptors (Lipinski definition) is 5. The predicted molar refractivity (Wildman–Crippen MR) is 139 cm³/mol. The number of nitrogens with zero attached hydrogens (tertiary/aromatic N) is 2. The molecule has 35 heavy (non-hydrogen) atoms. The smallest absolute Gasteiger partial charge is 0.222 e. The minimum Gasteiger partial charge on any atom is -0.493 e. The van der Waals surface area contributed by atoms with Crippen molar-refractivity contribution < 1.29 is 14.3 Å². The first-order chi connectivity index (χ1) is 16.5. The molecule has 0 saturated heterocycles. The number of aromatic nitrogens is 1. The van der Waals surface area contributed by atoms with Crippen molar-refractivity contribution in [3.05, 3.63) is 70.9 Å². The van der Waals surface area contributed by atoms with Crippen molar-refractivity contribution in [3.8, 4) is 22.6 Å². The van der Waals surface area contributed by atoms with E-state index in [1.165, 1.54) is 23.6 Å². The van der Waals surface area contributed by atoms with Crippen molar-refractivity contribution in [2.24, 2.45) is 4.99 Å². The number of carbonyl (C=O) groups excluding carboxylic acids is 1. The van der Waals surface area contributed by atoms with E-state index in [2.05, 4.69) is 68.3 Å². The van der Waals surface area contributed by atoms with Crippen LogP contribution in [0.4, 0.5) is 5.82 Å². The van der Waals surface area contributed by atoms with Crippen LogP contribution in [0.25, 0.3) is 11.1 Å². The van der Waals surface area contributed by atoms with E-state index < -0.39 is 0 Å². The van der Waals surface area contributed by atoms with Crippen molar-refractivity contribution in [2.75, 3.05) is 12.4 Å². The fourth-order valence-electron chi connectivity index (χ4n) is 5.09. The molecule has 2 aliphatic heterocycles. The molecule has 6 heteroatoms. The third-order valence-electron chi connectivity index (χ3n) is 6.44. The largest absolute Gasteiger partial charge is 0.493 e. The summed E-state index contributed by atoms with van der Waals surface area (Å²) in [7, 11) is 1.70. The van der Waals surface area contributed by atoms with Gasteiger partial charge in [-0.3, -0.25) is 9.79 Å². The van der Waals surface area contributed by atoms with Crippen LogP contribution in [0.1, 0.15) is 56.9 Å². The van der Waals surface area contributed by atoms with Crippen molar-refractivity contribution in [1.82, 2.24) is 4.98 Å². The molecule has 0 radical (unpaired) electrons. The maximum absolute atomic E-state index is 11.3. The first-order valence-electron chi connectivity index (χ1n) is 11.9. The summed E-state index contributed by atoms with van der Waals surface area (Å²) in [6.07, 6.45) is 3.42. The number of fused-ring (bicyclic) bond motifs is 3. The van der Waals surface area contributed by atoms with Crippen molar-refractivity contribution in [2.45, 2.75) is 58.6 Å². The van der Waals surface area contributed by atoms with Crippen LogP contribution >= 0.6 is 0 Å². The number of ether oxygens (including phenoxy) is 2. The summed E-state index contributed by atoms with van der Waals surface area (Å²) in [6.45, 7) is 10.0. The summed E-state index contributed by atoms with van der Waals surface area (Å²) in [4.78, 5) is 21.0. The predicted octanol–water partition coefficient (Wildman–Crippen LogP) is 5.60. The molecule has 1 amide bonds. The molecule has 0 fully saturated rings. The van der Waals surface area contributed by atoms with Crippen LogP contribution in [-0.2, 0) is 17.6 Å². The zero-order chi connectivity index (χ0) is 25.0. The van der Waals surface area contributed by atoms with E-state index >= 15 is 0 Å². The molecule has 0 bridgehead atoms. The summed E-state index contributed by atoms with van der Waals surface area (Å²) in [6, 6.07) is 14.3. The van der Waals surface area contributed by atoms with Crippen LogP contribution in [-0.4, -0.2) is 34.9 Å². The number of anilines is 1. The van der Waals surface area contributed by atoms with E-state index in [0.717, 1.165) is 46.7 Å². The highest BCUT2D eigenvalue weighted by Gasteiger charge is 2.39. The molecule has 0 unspecified atom stereocenters. The van der Waals surface area contributed by atoms with E-state index in [9.17, 15) is 4.79 Å². The summed E-state index contributed by atoms with van der Waals surface area (Å²) in [5.41, 5.74) is 7.09. The Labute approximate surface area is 206 Å². The Hall–Kier alpha value is -3.67. The van der Waals surface area contributed by atoms with Gasteiger partial charge in [-0.25, -0.2) is 4.98 Å². The van der Waals surface area contributed by atoms with Crippen LogP contribution in [0.15, 0.2) is 53.7 Å². The third kappa shape index (κ3) is 4.41. The van der Waals surface area contributed by atoms with Gasteiger partial charge in [-0.05, 0) is 69.5 Å². The van der Waals surface area contributed by atoms with Crippen molar-refractivity contribution >= 4 is 17.4 Å². The van der Waals surface area contributed by atoms with Gasteiger partial charge in [0.05, 0.1) is 18.4 Å². The van der Waals surface area contributed by atoms with Crippen LogP contribution in [0, 0.1) is 0 Å². The average Bonchev–Trinajstić information content (AvgIpc) is 3.12. The maximum Gasteiger partial charge on any atom is 0.222 e. The van der Waals surface area contributed by atoms with E-state index in [1.807, 2.05) is 12.1 Å². The highest BCUT2D eigenvalue weighted by molar-refractivity contribution is 6.16. The standard InChI is InChI=1S/C29H31N3O3/c1-17(33)31-24-11-10-20(16-30-24)18-8-7-9-19(12-18)26-25-21(14-28(2,3)32-26)13-23(34-6)27-22(25)15-29(4,5)35-27/h7-13,16H,14-15H2,1-6H3,(H,30,31,33). The second kappa shape index (κ2) is 8.22. The number of hydrogen-bond donors (Lipinski definition) is 1. The summed E-state index contributed by atoms with van der Waals surface area (Å²) in [5.74, 6) is 2.02. The molecule has 1 N–H and O–H groups in total. The Morgan fingerprint density at radius 2 is 1.80 bits per heavy atom. The molecule has 180 valence electrons. The van der Waals surface area contributed by atoms with Gasteiger partial charge in [-0.2, -0.15) is 0 Å². The van der Waals surface area contributed by atoms with E-state index in [4.69, 9.17) is 14.5 Å². The second-order valence-electron chi connectivity index (χ2n) is 10.6. The lowest BCUT2D eigenvalue weighted by Gasteiger charge is -2.31. The quantitative estimate of drug-likeness (QED) is 0.540. The summed E-state index contributed by atoms with van der Waals surface area (Å²) >= 11 is 0. The first-order valence-corrected chi connectivity index (χ1v) is 11.9. The number of methoxy groups -OCH3 is 1. The van der Waals surface area contributed by atoms with Crippen LogP contribution in [0.5, 0.6) is 11.5 Å². The molecule has 3 aromatic rings. The fraction of sp³-hybridized carbons (Fsp3) is 0.345. The van der Waals surface area contributed by atoms with Crippen molar-refractivity contribution in [1.29, 1.82) is 0 Å². The molecule has 1 aromatic heterocycles. The molecule has 0 saturated carbocycles. The van der Waals surface area contributed by atoms with Gasteiger partial charge < -0.3 is 14.8 Å². The number of nitrogens with one attached hydrogen (secondary N) is 1. The molecule has 2 aromatic carbocycles. The lowest BCUT2D eigenvalue weighted by molar-refractivity contribution is -0.114. The van der Waals surface area contributed by atoms with E-state index in [0.29, 0.717) is 5.82 Å². The number of amides is 1. The van der Waals surface area contributed by atoms with Gasteiger partial charge in [0.25, 0.3) is 0 Å². The van der Waals surface area contributed by atoms with Gasteiger partial charge in [0.1, 0.15) is 11.4 Å². The Kier molecular flexibility index (Phi) is 5.42. The number of carbonyl (C=O) groups is 1. The van der Waals surface area contributed by atoms with Gasteiger partial charge in [-0.1, -0.05) is 18.2 Å². The lowest BCUT2D eigenvalue weighted by atomic mass is 9.80. The summed E-state index contributed by atoms with van der Waals surface area (Å²) in [5, 5.41) is 2.72. The van der Waals surface area contributed by atoms with Gasteiger partial charge in [-0.15, -0.1) is 0 Å². The van der Waals surface area contributed by atoms with E-state index in [-0.39, 0.29) is 17.0 Å². The van der Waals surface area contributed by atoms with Crippen LogP contribution in [0.2, 0.25) is 0 Å². The van der Waals surface area contributed by atoms with E-state index in [1.54, 1.807) is 13.3 Å². The Morgan fingerprint density at radius 1 is 1.03 bits per heavy atom.